The van der Waals surface area contributed by atoms with Gasteiger partial charge in [-0.1, -0.05) is 19.6 Å². The molecule has 0 fully saturated rings. The minimum absolute atomic E-state index is 0.0451. The zero-order valence-corrected chi connectivity index (χ0v) is 10.7. The van der Waals surface area contributed by atoms with Crippen molar-refractivity contribution >= 4 is 14.4 Å². The molecule has 84 valence electrons. The lowest BCUT2D eigenvalue weighted by Gasteiger charge is -2.29. The highest BCUT2D eigenvalue weighted by atomic mass is 28.3. The summed E-state index contributed by atoms with van der Waals surface area (Å²) >= 11 is 0. The molecule has 5 heteroatoms. The van der Waals surface area contributed by atoms with Gasteiger partial charge < -0.3 is 9.30 Å². The van der Waals surface area contributed by atoms with Gasteiger partial charge in [-0.3, -0.25) is 4.79 Å². The van der Waals surface area contributed by atoms with Crippen molar-refractivity contribution in [1.29, 1.82) is 0 Å². The maximum Gasteiger partial charge on any atom is 0.169 e. The summed E-state index contributed by atoms with van der Waals surface area (Å²) in [6, 6.07) is 0. The summed E-state index contributed by atoms with van der Waals surface area (Å²) in [5, 5.41) is 0. The Morgan fingerprint density at radius 3 is 2.67 bits per heavy atom. The van der Waals surface area contributed by atoms with Gasteiger partial charge in [-0.15, -0.1) is 0 Å². The van der Waals surface area contributed by atoms with Gasteiger partial charge in [0.1, 0.15) is 19.6 Å². The number of ether oxygens (including phenoxy) is 1. The molecule has 1 aromatic rings. The normalized spacial score (nSPS) is 13.9. The number of nitrogens with zero attached hydrogens (tertiary/aromatic N) is 2. The predicted molar refractivity (Wildman–Crippen MR) is 61.6 cm³/mol. The van der Waals surface area contributed by atoms with Gasteiger partial charge >= 0.3 is 0 Å². The lowest BCUT2D eigenvalue weighted by molar-refractivity contribution is 0.0636. The molecule has 0 aromatic carbocycles. The monoisotopic (exact) mass is 226 g/mol. The molecule has 1 atom stereocenters. The van der Waals surface area contributed by atoms with Crippen LogP contribution >= 0.6 is 0 Å². The number of aromatic nitrogens is 2. The Balaban J connectivity index is 2.93. The molecule has 0 bridgehead atoms. The molecular formula is C10H18N2O2Si. The molecule has 15 heavy (non-hydrogen) atoms. The summed E-state index contributed by atoms with van der Waals surface area (Å²) in [5.41, 5.74) is 0.456. The van der Waals surface area contributed by atoms with Gasteiger partial charge in [-0.25, -0.2) is 4.98 Å². The van der Waals surface area contributed by atoms with Gasteiger partial charge in [-0.2, -0.15) is 0 Å². The van der Waals surface area contributed by atoms with Crippen molar-refractivity contribution in [3.8, 4) is 0 Å². The molecule has 0 saturated carbocycles. The third kappa shape index (κ3) is 3.00. The molecule has 0 radical (unpaired) electrons. The highest BCUT2D eigenvalue weighted by molar-refractivity contribution is 6.76. The zero-order valence-electron chi connectivity index (χ0n) is 9.73. The number of hydrogen-bond donors (Lipinski definition) is 0. The van der Waals surface area contributed by atoms with E-state index in [1.165, 1.54) is 0 Å². The van der Waals surface area contributed by atoms with Crippen LogP contribution in [0.3, 0.4) is 0 Å². The molecule has 1 aromatic heterocycles. The van der Waals surface area contributed by atoms with Crippen molar-refractivity contribution in [3.05, 3.63) is 18.2 Å². The fourth-order valence-corrected chi connectivity index (χ4v) is 3.19. The fourth-order valence-electron chi connectivity index (χ4n) is 1.48. The Morgan fingerprint density at radius 1 is 1.60 bits per heavy atom. The second kappa shape index (κ2) is 4.72. The quantitative estimate of drug-likeness (QED) is 0.570. The van der Waals surface area contributed by atoms with Crippen molar-refractivity contribution in [2.75, 3.05) is 6.61 Å². The molecule has 0 N–H and O–H groups in total. The first-order valence-electron chi connectivity index (χ1n) is 5.09. The smallest absolute Gasteiger partial charge is 0.169 e. The molecule has 4 nitrogen and oxygen atoms in total. The molecule has 0 aliphatic carbocycles. The van der Waals surface area contributed by atoms with Crippen molar-refractivity contribution in [2.24, 2.45) is 0 Å². The Bertz CT molecular complexity index is 330. The van der Waals surface area contributed by atoms with E-state index in [1.54, 1.807) is 12.5 Å². The first-order valence-corrected chi connectivity index (χ1v) is 8.67. The van der Waals surface area contributed by atoms with Gasteiger partial charge in [0.25, 0.3) is 0 Å². The minimum Gasteiger partial charge on any atom is -0.362 e. The average Bonchev–Trinajstić information content (AvgIpc) is 2.60. The van der Waals surface area contributed by atoms with E-state index in [-0.39, 0.29) is 5.85 Å². The third-order valence-electron chi connectivity index (χ3n) is 2.08. The first-order chi connectivity index (χ1) is 6.99. The van der Waals surface area contributed by atoms with Crippen LogP contribution in [0.2, 0.25) is 19.6 Å². The maximum absolute atomic E-state index is 10.5. The lowest BCUT2D eigenvalue weighted by Crippen LogP contribution is -2.36. The van der Waals surface area contributed by atoms with Crippen molar-refractivity contribution in [1.82, 2.24) is 9.55 Å². The zero-order chi connectivity index (χ0) is 11.5. The van der Waals surface area contributed by atoms with Gasteiger partial charge in [0, 0.05) is 12.8 Å². The van der Waals surface area contributed by atoms with E-state index >= 15 is 0 Å². The number of hydrogen-bond acceptors (Lipinski definition) is 3. The molecular weight excluding hydrogens is 208 g/mol. The molecule has 0 aliphatic rings. The lowest BCUT2D eigenvalue weighted by atomic mass is 10.5. The summed E-state index contributed by atoms with van der Waals surface area (Å²) in [5.74, 6) is 0.0451. The highest BCUT2D eigenvalue weighted by Crippen LogP contribution is 2.22. The number of carbonyl (C=O) groups excluding carboxylic acids is 1. The second-order valence-electron chi connectivity index (χ2n) is 4.54. The van der Waals surface area contributed by atoms with Crippen LogP contribution in [0.4, 0.5) is 0 Å². The van der Waals surface area contributed by atoms with E-state index in [0.717, 1.165) is 6.29 Å². The molecule has 0 saturated heterocycles. The molecule has 0 aliphatic heterocycles. The fraction of sp³-hybridized carbons (Fsp3) is 0.600. The van der Waals surface area contributed by atoms with E-state index < -0.39 is 8.07 Å². The van der Waals surface area contributed by atoms with Crippen molar-refractivity contribution in [3.63, 3.8) is 0 Å². The summed E-state index contributed by atoms with van der Waals surface area (Å²) in [7, 11) is -1.46. The summed E-state index contributed by atoms with van der Waals surface area (Å²) in [6.07, 6.45) is 4.16. The van der Waals surface area contributed by atoms with Crippen LogP contribution in [0.1, 0.15) is 23.3 Å². The number of imidazole rings is 1. The van der Waals surface area contributed by atoms with Crippen LogP contribution in [-0.4, -0.2) is 30.5 Å². The van der Waals surface area contributed by atoms with Gasteiger partial charge in [0.15, 0.2) is 6.29 Å². The molecule has 0 spiro atoms. The standard InChI is InChI=1S/C10H18N2O2Si/c1-5-14-10(15(2,3)4)12-6-9(7-13)11-8-12/h6-8,10H,5H2,1-4H3. The van der Waals surface area contributed by atoms with Crippen LogP contribution in [-0.2, 0) is 4.74 Å². The summed E-state index contributed by atoms with van der Waals surface area (Å²) in [6.45, 7) is 9.34. The number of aldehydes is 1. The molecule has 1 heterocycles. The van der Waals surface area contributed by atoms with Crippen LogP contribution in [0, 0.1) is 0 Å². The van der Waals surface area contributed by atoms with Gasteiger partial charge in [0.2, 0.25) is 0 Å². The summed E-state index contributed by atoms with van der Waals surface area (Å²) in [4.78, 5) is 14.5. The first kappa shape index (κ1) is 12.1. The Labute approximate surface area is 91.3 Å². The highest BCUT2D eigenvalue weighted by Gasteiger charge is 2.28. The van der Waals surface area contributed by atoms with Gasteiger partial charge in [0.05, 0.1) is 6.33 Å². The number of carbonyl (C=O) groups is 1. The van der Waals surface area contributed by atoms with Crippen LogP contribution < -0.4 is 0 Å². The molecule has 1 unspecified atom stereocenters. The van der Waals surface area contributed by atoms with Crippen LogP contribution in [0.25, 0.3) is 0 Å². The summed E-state index contributed by atoms with van der Waals surface area (Å²) < 4.78 is 7.62. The Kier molecular flexibility index (Phi) is 3.81. The minimum atomic E-state index is -1.46. The number of rotatable bonds is 5. The largest absolute Gasteiger partial charge is 0.362 e. The predicted octanol–water partition coefficient (Wildman–Crippen LogP) is 2.11. The van der Waals surface area contributed by atoms with E-state index in [1.807, 2.05) is 11.5 Å². The van der Waals surface area contributed by atoms with Crippen molar-refractivity contribution < 1.29 is 9.53 Å². The Morgan fingerprint density at radius 2 is 2.27 bits per heavy atom. The van der Waals surface area contributed by atoms with E-state index in [0.29, 0.717) is 12.3 Å². The molecule has 0 amide bonds. The van der Waals surface area contributed by atoms with Crippen LogP contribution in [0.15, 0.2) is 12.5 Å². The van der Waals surface area contributed by atoms with E-state index in [9.17, 15) is 4.79 Å². The Hall–Kier alpha value is -0.943. The SMILES string of the molecule is CCOC(n1cnc(C=O)c1)[Si](C)(C)C. The third-order valence-corrected chi connectivity index (χ3v) is 4.02. The van der Waals surface area contributed by atoms with E-state index in [4.69, 9.17) is 4.74 Å². The van der Waals surface area contributed by atoms with Crippen LogP contribution in [0.5, 0.6) is 0 Å². The van der Waals surface area contributed by atoms with E-state index in [2.05, 4.69) is 24.6 Å². The van der Waals surface area contributed by atoms with Gasteiger partial charge in [-0.05, 0) is 6.92 Å². The maximum atomic E-state index is 10.5. The molecule has 1 rings (SSSR count). The topological polar surface area (TPSA) is 44.1 Å². The van der Waals surface area contributed by atoms with Crippen molar-refractivity contribution in [2.45, 2.75) is 32.4 Å². The average molecular weight is 226 g/mol. The second-order valence-corrected chi connectivity index (χ2v) is 9.76.